The van der Waals surface area contributed by atoms with Gasteiger partial charge in [0, 0.05) is 30.5 Å². The average Bonchev–Trinajstić information content (AvgIpc) is 2.69. The van der Waals surface area contributed by atoms with E-state index in [9.17, 15) is 4.79 Å². The number of halogens is 1. The Kier molecular flexibility index (Phi) is 5.96. The number of amides is 1. The lowest BCUT2D eigenvalue weighted by molar-refractivity contribution is 0.102. The van der Waals surface area contributed by atoms with Gasteiger partial charge in [-0.25, -0.2) is 9.97 Å². The zero-order chi connectivity index (χ0) is 20.1. The van der Waals surface area contributed by atoms with Gasteiger partial charge in [-0.15, -0.1) is 0 Å². The number of nitrogens with one attached hydrogen (secondary N) is 2. The summed E-state index contributed by atoms with van der Waals surface area (Å²) in [6.45, 7) is 0. The second-order valence-corrected chi connectivity index (χ2v) is 6.59. The molecule has 7 nitrogen and oxygen atoms in total. The van der Waals surface area contributed by atoms with Crippen LogP contribution in [0.5, 0.6) is 5.75 Å². The molecule has 3 rings (SSSR count). The van der Waals surface area contributed by atoms with Crippen molar-refractivity contribution in [2.75, 3.05) is 36.7 Å². The third kappa shape index (κ3) is 4.69. The summed E-state index contributed by atoms with van der Waals surface area (Å²) < 4.78 is 5.22. The molecule has 0 bridgehead atoms. The Morgan fingerprint density at radius 2 is 1.82 bits per heavy atom. The van der Waals surface area contributed by atoms with Crippen LogP contribution in [0.3, 0.4) is 0 Å². The zero-order valence-electron chi connectivity index (χ0n) is 15.7. The van der Waals surface area contributed by atoms with Crippen molar-refractivity contribution in [2.24, 2.45) is 0 Å². The molecular weight excluding hydrogens is 378 g/mol. The molecule has 0 aliphatic carbocycles. The number of ether oxygens (including phenoxy) is 1. The van der Waals surface area contributed by atoms with Crippen molar-refractivity contribution >= 4 is 40.4 Å². The van der Waals surface area contributed by atoms with E-state index < -0.39 is 5.91 Å². The maximum absolute atomic E-state index is 12.4. The molecule has 1 amide bonds. The van der Waals surface area contributed by atoms with Gasteiger partial charge >= 0.3 is 0 Å². The van der Waals surface area contributed by atoms with Crippen LogP contribution in [-0.4, -0.2) is 37.1 Å². The van der Waals surface area contributed by atoms with Gasteiger partial charge in [0.1, 0.15) is 17.3 Å². The Morgan fingerprint density at radius 1 is 1.07 bits per heavy atom. The van der Waals surface area contributed by atoms with Crippen LogP contribution in [0.1, 0.15) is 10.5 Å². The molecule has 144 valence electrons. The molecule has 3 aromatic rings. The fourth-order valence-electron chi connectivity index (χ4n) is 2.46. The first kappa shape index (κ1) is 19.4. The fraction of sp³-hybridized carbons (Fsp3) is 0.150. The van der Waals surface area contributed by atoms with Crippen molar-refractivity contribution in [3.63, 3.8) is 0 Å². The van der Waals surface area contributed by atoms with E-state index in [0.29, 0.717) is 22.3 Å². The largest absolute Gasteiger partial charge is 0.495 e. The first-order valence-electron chi connectivity index (χ1n) is 8.47. The summed E-state index contributed by atoms with van der Waals surface area (Å²) in [6.07, 6.45) is 2.91. The number of hydrogen-bond acceptors (Lipinski definition) is 6. The van der Waals surface area contributed by atoms with Crippen LogP contribution in [0.25, 0.3) is 0 Å². The fourth-order valence-corrected chi connectivity index (χ4v) is 2.64. The summed E-state index contributed by atoms with van der Waals surface area (Å²) in [7, 11) is 5.48. The summed E-state index contributed by atoms with van der Waals surface area (Å²) in [5.74, 6) is 0.634. The molecule has 0 atom stereocenters. The molecule has 1 heterocycles. The summed E-state index contributed by atoms with van der Waals surface area (Å²) in [6, 6.07) is 12.9. The molecule has 0 spiro atoms. The Hall–Kier alpha value is -3.32. The van der Waals surface area contributed by atoms with Gasteiger partial charge in [-0.3, -0.25) is 4.79 Å². The van der Waals surface area contributed by atoms with Crippen molar-refractivity contribution < 1.29 is 9.53 Å². The lowest BCUT2D eigenvalue weighted by atomic mass is 10.2. The number of carbonyl (C=O) groups is 1. The molecule has 2 aromatic carbocycles. The van der Waals surface area contributed by atoms with E-state index >= 15 is 0 Å². The highest BCUT2D eigenvalue weighted by molar-refractivity contribution is 6.31. The Labute approximate surface area is 168 Å². The van der Waals surface area contributed by atoms with Gasteiger partial charge in [-0.05, 0) is 42.5 Å². The minimum absolute atomic E-state index is 0.176. The molecule has 28 heavy (non-hydrogen) atoms. The smallest absolute Gasteiger partial charge is 0.275 e. The van der Waals surface area contributed by atoms with Crippen LogP contribution >= 0.6 is 11.6 Å². The topological polar surface area (TPSA) is 79.4 Å². The second kappa shape index (κ2) is 8.58. The molecular formula is C20H20ClN5O2. The van der Waals surface area contributed by atoms with Crippen LogP contribution in [-0.2, 0) is 0 Å². The molecule has 0 fully saturated rings. The highest BCUT2D eigenvalue weighted by Crippen LogP contribution is 2.28. The number of nitrogens with zero attached hydrogens (tertiary/aromatic N) is 3. The highest BCUT2D eigenvalue weighted by Gasteiger charge is 2.12. The molecule has 0 radical (unpaired) electrons. The molecule has 2 N–H and O–H groups in total. The van der Waals surface area contributed by atoms with Crippen molar-refractivity contribution in [3.8, 4) is 5.75 Å². The minimum atomic E-state index is -0.407. The van der Waals surface area contributed by atoms with Crippen LogP contribution in [0.2, 0.25) is 5.02 Å². The van der Waals surface area contributed by atoms with Crippen LogP contribution in [0.4, 0.5) is 22.9 Å². The van der Waals surface area contributed by atoms with Crippen LogP contribution in [0.15, 0.2) is 54.9 Å². The van der Waals surface area contributed by atoms with Crippen LogP contribution < -0.4 is 20.3 Å². The molecule has 0 unspecified atom stereocenters. The average molecular weight is 398 g/mol. The summed E-state index contributed by atoms with van der Waals surface area (Å²) in [4.78, 5) is 22.9. The number of rotatable bonds is 6. The standard InChI is InChI=1S/C20H20ClN5O2/c1-26(2)15-7-5-14(6-8-15)24-19-12-22-17(11-23-19)20(27)25-16-10-13(21)4-9-18(16)28-3/h4-12H,1-3H3,(H,23,24)(H,25,27). The lowest BCUT2D eigenvalue weighted by Gasteiger charge is -2.13. The zero-order valence-corrected chi connectivity index (χ0v) is 16.5. The third-order valence-corrected chi connectivity index (χ3v) is 4.19. The Bertz CT molecular complexity index is 959. The Balaban J connectivity index is 1.68. The minimum Gasteiger partial charge on any atom is -0.495 e. The number of anilines is 4. The first-order chi connectivity index (χ1) is 13.5. The molecule has 8 heteroatoms. The maximum atomic E-state index is 12.4. The van der Waals surface area contributed by atoms with E-state index in [1.54, 1.807) is 18.2 Å². The number of benzene rings is 2. The van der Waals surface area contributed by atoms with Gasteiger partial charge in [0.15, 0.2) is 0 Å². The van der Waals surface area contributed by atoms with Gasteiger partial charge in [-0.1, -0.05) is 11.6 Å². The van der Waals surface area contributed by atoms with Crippen LogP contribution in [0, 0.1) is 0 Å². The lowest BCUT2D eigenvalue weighted by Crippen LogP contribution is -2.15. The Morgan fingerprint density at radius 3 is 2.43 bits per heavy atom. The summed E-state index contributed by atoms with van der Waals surface area (Å²) >= 11 is 5.98. The molecule has 0 saturated carbocycles. The summed E-state index contributed by atoms with van der Waals surface area (Å²) in [5.41, 5.74) is 2.61. The van der Waals surface area contributed by atoms with Gasteiger partial charge in [-0.2, -0.15) is 0 Å². The third-order valence-electron chi connectivity index (χ3n) is 3.95. The quantitative estimate of drug-likeness (QED) is 0.649. The highest BCUT2D eigenvalue weighted by atomic mass is 35.5. The van der Waals surface area contributed by atoms with E-state index in [-0.39, 0.29) is 5.69 Å². The molecule has 1 aromatic heterocycles. The molecule has 0 aliphatic rings. The second-order valence-electron chi connectivity index (χ2n) is 6.15. The number of methoxy groups -OCH3 is 1. The van der Waals surface area contributed by atoms with E-state index in [1.807, 2.05) is 43.3 Å². The SMILES string of the molecule is COc1ccc(Cl)cc1NC(=O)c1cnc(Nc2ccc(N(C)C)cc2)cn1. The monoisotopic (exact) mass is 397 g/mol. The van der Waals surface area contributed by atoms with Gasteiger partial charge in [0.2, 0.25) is 0 Å². The number of hydrogen-bond donors (Lipinski definition) is 2. The van der Waals surface area contributed by atoms with Gasteiger partial charge in [0.25, 0.3) is 5.91 Å². The van der Waals surface area contributed by atoms with E-state index in [0.717, 1.165) is 11.4 Å². The number of carbonyl (C=O) groups excluding carboxylic acids is 1. The van der Waals surface area contributed by atoms with Crippen molar-refractivity contribution in [3.05, 3.63) is 65.6 Å². The van der Waals surface area contributed by atoms with Crippen molar-refractivity contribution in [1.29, 1.82) is 0 Å². The predicted molar refractivity (Wildman–Crippen MR) is 112 cm³/mol. The van der Waals surface area contributed by atoms with Crippen molar-refractivity contribution in [2.45, 2.75) is 0 Å². The van der Waals surface area contributed by atoms with E-state index in [1.165, 1.54) is 19.5 Å². The normalized spacial score (nSPS) is 10.3. The number of aromatic nitrogens is 2. The van der Waals surface area contributed by atoms with Gasteiger partial charge in [0.05, 0.1) is 25.2 Å². The predicted octanol–water partition coefficient (Wildman–Crippen LogP) is 4.20. The molecule has 0 aliphatic heterocycles. The van der Waals surface area contributed by atoms with Gasteiger partial charge < -0.3 is 20.3 Å². The first-order valence-corrected chi connectivity index (χ1v) is 8.85. The maximum Gasteiger partial charge on any atom is 0.275 e. The van der Waals surface area contributed by atoms with Crippen molar-refractivity contribution in [1.82, 2.24) is 9.97 Å². The van der Waals surface area contributed by atoms with E-state index in [2.05, 4.69) is 20.6 Å². The molecule has 0 saturated heterocycles. The summed E-state index contributed by atoms with van der Waals surface area (Å²) in [5, 5.41) is 6.37. The van der Waals surface area contributed by atoms with E-state index in [4.69, 9.17) is 16.3 Å².